The molecule has 1 saturated carbocycles. The van der Waals surface area contributed by atoms with Crippen LogP contribution < -0.4 is 5.32 Å². The molecule has 3 heterocycles. The SMILES string of the molecule is CCCc1ccc(Nc2ncc3cc(C#N)n(C4CCCC4)c3n2)nc1. The van der Waals surface area contributed by atoms with Crippen LogP contribution in [0.4, 0.5) is 11.8 Å². The van der Waals surface area contributed by atoms with Gasteiger partial charge in [-0.05, 0) is 37.0 Å². The molecular formula is C20H22N6. The van der Waals surface area contributed by atoms with Crippen molar-refractivity contribution in [3.05, 3.63) is 41.9 Å². The summed E-state index contributed by atoms with van der Waals surface area (Å²) in [5.41, 5.74) is 2.72. The molecule has 0 radical (unpaired) electrons. The highest BCUT2D eigenvalue weighted by atomic mass is 15.2. The fraction of sp³-hybridized carbons (Fsp3) is 0.400. The van der Waals surface area contributed by atoms with Crippen molar-refractivity contribution in [3.63, 3.8) is 0 Å². The van der Waals surface area contributed by atoms with Crippen LogP contribution in [0, 0.1) is 11.3 Å². The fourth-order valence-corrected chi connectivity index (χ4v) is 3.74. The lowest BCUT2D eigenvalue weighted by molar-refractivity contribution is 0.528. The Morgan fingerprint density at radius 2 is 2.08 bits per heavy atom. The van der Waals surface area contributed by atoms with E-state index in [1.807, 2.05) is 18.3 Å². The number of nitrogens with zero attached hydrogens (tertiary/aromatic N) is 5. The van der Waals surface area contributed by atoms with Gasteiger partial charge in [-0.25, -0.2) is 9.97 Å². The maximum absolute atomic E-state index is 9.51. The van der Waals surface area contributed by atoms with Gasteiger partial charge in [-0.1, -0.05) is 32.3 Å². The molecule has 0 aromatic carbocycles. The topological polar surface area (TPSA) is 79.4 Å². The number of rotatable bonds is 5. The van der Waals surface area contributed by atoms with Gasteiger partial charge in [0.1, 0.15) is 23.2 Å². The molecule has 132 valence electrons. The van der Waals surface area contributed by atoms with Gasteiger partial charge < -0.3 is 9.88 Å². The first-order valence-corrected chi connectivity index (χ1v) is 9.28. The van der Waals surface area contributed by atoms with Gasteiger partial charge in [-0.15, -0.1) is 0 Å². The zero-order valence-electron chi connectivity index (χ0n) is 14.9. The maximum Gasteiger partial charge on any atom is 0.230 e. The second-order valence-corrected chi connectivity index (χ2v) is 6.85. The Morgan fingerprint density at radius 1 is 1.23 bits per heavy atom. The molecular weight excluding hydrogens is 324 g/mol. The number of aryl methyl sites for hydroxylation is 1. The van der Waals surface area contributed by atoms with Crippen molar-refractivity contribution in [2.75, 3.05) is 5.32 Å². The highest BCUT2D eigenvalue weighted by Crippen LogP contribution is 2.34. The standard InChI is InChI=1S/C20H22N6/c1-2-5-14-8-9-18(22-12-14)24-20-23-13-15-10-17(11-21)26(19(15)25-20)16-6-3-4-7-16/h8-10,12-13,16H,2-7H2,1H3,(H,22,23,24,25). The Labute approximate surface area is 152 Å². The van der Waals surface area contributed by atoms with Crippen molar-refractivity contribution in [1.82, 2.24) is 19.5 Å². The van der Waals surface area contributed by atoms with E-state index >= 15 is 0 Å². The number of nitriles is 1. The minimum atomic E-state index is 0.358. The quantitative estimate of drug-likeness (QED) is 0.735. The van der Waals surface area contributed by atoms with Gasteiger partial charge in [-0.2, -0.15) is 10.2 Å². The minimum absolute atomic E-state index is 0.358. The Morgan fingerprint density at radius 3 is 2.77 bits per heavy atom. The Hall–Kier alpha value is -2.94. The molecule has 0 bridgehead atoms. The Balaban J connectivity index is 1.66. The van der Waals surface area contributed by atoms with E-state index in [1.54, 1.807) is 6.20 Å². The Kier molecular flexibility index (Phi) is 4.53. The van der Waals surface area contributed by atoms with E-state index in [4.69, 9.17) is 4.98 Å². The van der Waals surface area contributed by atoms with Gasteiger partial charge in [-0.3, -0.25) is 0 Å². The van der Waals surface area contributed by atoms with Gasteiger partial charge in [0.05, 0.1) is 0 Å². The molecule has 1 fully saturated rings. The maximum atomic E-state index is 9.51. The summed E-state index contributed by atoms with van der Waals surface area (Å²) < 4.78 is 2.09. The molecule has 26 heavy (non-hydrogen) atoms. The number of aromatic nitrogens is 4. The van der Waals surface area contributed by atoms with E-state index in [1.165, 1.54) is 18.4 Å². The van der Waals surface area contributed by atoms with Crippen LogP contribution in [0.3, 0.4) is 0 Å². The first-order valence-electron chi connectivity index (χ1n) is 9.28. The molecule has 0 atom stereocenters. The molecule has 1 N–H and O–H groups in total. The van der Waals surface area contributed by atoms with Gasteiger partial charge in [0.2, 0.25) is 5.95 Å². The van der Waals surface area contributed by atoms with Crippen molar-refractivity contribution < 1.29 is 0 Å². The van der Waals surface area contributed by atoms with Crippen LogP contribution in [0.1, 0.15) is 56.3 Å². The lowest BCUT2D eigenvalue weighted by Gasteiger charge is -2.14. The fourth-order valence-electron chi connectivity index (χ4n) is 3.74. The molecule has 0 amide bonds. The number of hydrogen-bond acceptors (Lipinski definition) is 5. The summed E-state index contributed by atoms with van der Waals surface area (Å²) in [4.78, 5) is 13.5. The first kappa shape index (κ1) is 16.5. The van der Waals surface area contributed by atoms with Gasteiger partial charge >= 0.3 is 0 Å². The predicted molar refractivity (Wildman–Crippen MR) is 101 cm³/mol. The molecule has 1 aliphatic carbocycles. The molecule has 6 nitrogen and oxygen atoms in total. The summed E-state index contributed by atoms with van der Waals surface area (Å²) in [6, 6.07) is 8.58. The van der Waals surface area contributed by atoms with Crippen LogP contribution in [0.5, 0.6) is 0 Å². The monoisotopic (exact) mass is 346 g/mol. The van der Waals surface area contributed by atoms with Crippen molar-refractivity contribution in [2.24, 2.45) is 0 Å². The summed E-state index contributed by atoms with van der Waals surface area (Å²) in [5, 5.41) is 13.6. The summed E-state index contributed by atoms with van der Waals surface area (Å²) in [5.74, 6) is 1.23. The molecule has 3 aromatic heterocycles. The molecule has 0 saturated heterocycles. The summed E-state index contributed by atoms with van der Waals surface area (Å²) >= 11 is 0. The molecule has 6 heteroatoms. The molecule has 0 unspecified atom stereocenters. The number of hydrogen-bond donors (Lipinski definition) is 1. The van der Waals surface area contributed by atoms with Crippen LogP contribution in [-0.2, 0) is 6.42 Å². The van der Waals surface area contributed by atoms with E-state index in [9.17, 15) is 5.26 Å². The van der Waals surface area contributed by atoms with Gasteiger partial charge in [0.25, 0.3) is 0 Å². The van der Waals surface area contributed by atoms with Crippen molar-refractivity contribution >= 4 is 22.8 Å². The van der Waals surface area contributed by atoms with Crippen molar-refractivity contribution in [2.45, 2.75) is 51.5 Å². The van der Waals surface area contributed by atoms with E-state index in [0.717, 1.165) is 42.5 Å². The highest BCUT2D eigenvalue weighted by molar-refractivity contribution is 5.79. The third-order valence-electron chi connectivity index (χ3n) is 4.98. The van der Waals surface area contributed by atoms with Crippen LogP contribution >= 0.6 is 0 Å². The molecule has 4 rings (SSSR count). The number of anilines is 2. The summed E-state index contributed by atoms with van der Waals surface area (Å²) in [6.45, 7) is 2.16. The van der Waals surface area contributed by atoms with E-state index in [-0.39, 0.29) is 0 Å². The van der Waals surface area contributed by atoms with Crippen LogP contribution in [0.25, 0.3) is 11.0 Å². The number of pyridine rings is 1. The van der Waals surface area contributed by atoms with Gasteiger partial charge in [0.15, 0.2) is 0 Å². The van der Waals surface area contributed by atoms with Crippen LogP contribution in [0.2, 0.25) is 0 Å². The first-order chi connectivity index (χ1) is 12.8. The second kappa shape index (κ2) is 7.12. The van der Waals surface area contributed by atoms with Crippen LogP contribution in [0.15, 0.2) is 30.6 Å². The summed E-state index contributed by atoms with van der Waals surface area (Å²) in [7, 11) is 0. The highest BCUT2D eigenvalue weighted by Gasteiger charge is 2.22. The molecule has 3 aromatic rings. The average Bonchev–Trinajstić information content (AvgIpc) is 3.30. The number of fused-ring (bicyclic) bond motifs is 1. The van der Waals surface area contributed by atoms with E-state index in [2.05, 4.69) is 38.9 Å². The van der Waals surface area contributed by atoms with Gasteiger partial charge in [0, 0.05) is 23.8 Å². The molecule has 1 aliphatic rings. The van der Waals surface area contributed by atoms with Crippen LogP contribution in [-0.4, -0.2) is 19.5 Å². The summed E-state index contributed by atoms with van der Waals surface area (Å²) in [6.07, 6.45) is 10.4. The van der Waals surface area contributed by atoms with Crippen molar-refractivity contribution in [1.29, 1.82) is 5.26 Å². The third kappa shape index (κ3) is 3.13. The lowest BCUT2D eigenvalue weighted by atomic mass is 10.2. The average molecular weight is 346 g/mol. The zero-order chi connectivity index (χ0) is 17.9. The largest absolute Gasteiger partial charge is 0.314 e. The Bertz CT molecular complexity index is 945. The van der Waals surface area contributed by atoms with E-state index in [0.29, 0.717) is 17.7 Å². The predicted octanol–water partition coefficient (Wildman–Crippen LogP) is 4.51. The second-order valence-electron chi connectivity index (χ2n) is 6.85. The minimum Gasteiger partial charge on any atom is -0.314 e. The van der Waals surface area contributed by atoms with E-state index < -0.39 is 0 Å². The third-order valence-corrected chi connectivity index (χ3v) is 4.98. The smallest absolute Gasteiger partial charge is 0.230 e. The normalized spacial score (nSPS) is 14.6. The van der Waals surface area contributed by atoms with Crippen molar-refractivity contribution in [3.8, 4) is 6.07 Å². The number of nitrogens with one attached hydrogen (secondary N) is 1. The molecule has 0 spiro atoms. The lowest BCUT2D eigenvalue weighted by Crippen LogP contribution is -2.08. The zero-order valence-corrected chi connectivity index (χ0v) is 14.9. The molecule has 0 aliphatic heterocycles.